The lowest BCUT2D eigenvalue weighted by atomic mass is 9.96. The minimum absolute atomic E-state index is 0.00490. The summed E-state index contributed by atoms with van der Waals surface area (Å²) in [4.78, 5) is 27.0. The number of nitrogens with zero attached hydrogens (tertiary/aromatic N) is 3. The van der Waals surface area contributed by atoms with Gasteiger partial charge >= 0.3 is 4.87 Å². The van der Waals surface area contributed by atoms with Crippen LogP contribution < -0.4 is 4.87 Å². The van der Waals surface area contributed by atoms with Crippen molar-refractivity contribution in [2.45, 2.75) is 44.2 Å². The molecule has 0 aliphatic carbocycles. The number of fused-ring (bicyclic) bond motifs is 1. The van der Waals surface area contributed by atoms with Gasteiger partial charge in [0, 0.05) is 38.6 Å². The summed E-state index contributed by atoms with van der Waals surface area (Å²) in [5.74, 6) is -0.130. The molecule has 1 aliphatic rings. The quantitative estimate of drug-likeness (QED) is 0.531. The summed E-state index contributed by atoms with van der Waals surface area (Å²) in [5.41, 5.74) is 1.82. The van der Waals surface area contributed by atoms with E-state index in [1.807, 2.05) is 44.2 Å². The van der Waals surface area contributed by atoms with Crippen molar-refractivity contribution in [3.8, 4) is 0 Å². The minimum atomic E-state index is -3.69. The first-order valence-corrected chi connectivity index (χ1v) is 13.4. The van der Waals surface area contributed by atoms with Gasteiger partial charge in [-0.1, -0.05) is 41.7 Å². The predicted octanol–water partition coefficient (Wildman–Crippen LogP) is 3.70. The number of benzene rings is 2. The Bertz CT molecular complexity index is 1300. The van der Waals surface area contributed by atoms with Gasteiger partial charge in [-0.2, -0.15) is 4.31 Å². The van der Waals surface area contributed by atoms with Crippen molar-refractivity contribution in [3.63, 3.8) is 0 Å². The van der Waals surface area contributed by atoms with E-state index < -0.39 is 10.0 Å². The van der Waals surface area contributed by atoms with Gasteiger partial charge in [0.05, 0.1) is 15.1 Å². The number of sulfonamides is 1. The molecule has 1 aliphatic heterocycles. The molecule has 1 aromatic heterocycles. The Labute approximate surface area is 198 Å². The molecule has 3 aromatic rings. The lowest BCUT2D eigenvalue weighted by molar-refractivity contribution is -0.135. The zero-order valence-corrected chi connectivity index (χ0v) is 20.7. The van der Waals surface area contributed by atoms with E-state index in [0.717, 1.165) is 22.4 Å². The van der Waals surface area contributed by atoms with Gasteiger partial charge in [-0.05, 0) is 50.5 Å². The number of hydrogen-bond donors (Lipinski definition) is 0. The van der Waals surface area contributed by atoms with Crippen LogP contribution in [0.3, 0.4) is 0 Å². The molecule has 0 N–H and O–H groups in total. The molecule has 33 heavy (non-hydrogen) atoms. The summed E-state index contributed by atoms with van der Waals surface area (Å²) in [5, 5.41) is 0. The van der Waals surface area contributed by atoms with Crippen LogP contribution in [0.5, 0.6) is 0 Å². The highest BCUT2D eigenvalue weighted by Gasteiger charge is 2.33. The Hall–Kier alpha value is -2.49. The zero-order valence-electron chi connectivity index (χ0n) is 19.1. The molecule has 176 valence electrons. The van der Waals surface area contributed by atoms with Gasteiger partial charge in [0.1, 0.15) is 0 Å². The largest absolute Gasteiger partial charge is 0.341 e. The third kappa shape index (κ3) is 4.76. The standard InChI is InChI=1S/C24H29N3O4S2/c1-17(2)27-21-10-9-20(15-22(21)32-24(27)29)33(30,31)26-13-11-19(12-14-26)23(28)25(3)16-18-7-5-4-6-8-18/h4-10,15,17,19H,11-14,16H2,1-3H3. The van der Waals surface area contributed by atoms with E-state index in [-0.39, 0.29) is 27.6 Å². The summed E-state index contributed by atoms with van der Waals surface area (Å²) in [7, 11) is -1.90. The van der Waals surface area contributed by atoms with Crippen LogP contribution in [0.4, 0.5) is 0 Å². The topological polar surface area (TPSA) is 79.7 Å². The third-order valence-corrected chi connectivity index (χ3v) is 8.99. The number of thiazole rings is 1. The van der Waals surface area contributed by atoms with E-state index in [9.17, 15) is 18.0 Å². The molecule has 2 heterocycles. The van der Waals surface area contributed by atoms with Gasteiger partial charge in [0.2, 0.25) is 15.9 Å². The Balaban J connectivity index is 1.44. The Morgan fingerprint density at radius 1 is 1.12 bits per heavy atom. The maximum absolute atomic E-state index is 13.3. The lowest BCUT2D eigenvalue weighted by Gasteiger charge is -2.32. The van der Waals surface area contributed by atoms with Crippen LogP contribution in [-0.4, -0.2) is 48.2 Å². The number of carbonyl (C=O) groups excluding carboxylic acids is 1. The van der Waals surface area contributed by atoms with Gasteiger partial charge in [0.25, 0.3) is 0 Å². The minimum Gasteiger partial charge on any atom is -0.341 e. The number of amides is 1. The summed E-state index contributed by atoms with van der Waals surface area (Å²) in [6.07, 6.45) is 0.993. The fourth-order valence-electron chi connectivity index (χ4n) is 4.41. The number of piperidine rings is 1. The monoisotopic (exact) mass is 487 g/mol. The van der Waals surface area contributed by atoms with Crippen molar-refractivity contribution in [3.05, 3.63) is 63.8 Å². The van der Waals surface area contributed by atoms with Gasteiger partial charge < -0.3 is 4.90 Å². The summed E-state index contributed by atoms with van der Waals surface area (Å²) >= 11 is 1.07. The van der Waals surface area contributed by atoms with E-state index in [2.05, 4.69) is 0 Å². The van der Waals surface area contributed by atoms with E-state index in [0.29, 0.717) is 37.2 Å². The molecule has 0 unspecified atom stereocenters. The Morgan fingerprint density at radius 3 is 2.42 bits per heavy atom. The normalized spacial score (nSPS) is 15.9. The fourth-order valence-corrected chi connectivity index (χ4v) is 7.03. The number of carbonyl (C=O) groups is 1. The highest BCUT2D eigenvalue weighted by Crippen LogP contribution is 2.29. The first-order chi connectivity index (χ1) is 15.7. The number of aromatic nitrogens is 1. The smallest absolute Gasteiger partial charge is 0.308 e. The van der Waals surface area contributed by atoms with Crippen molar-refractivity contribution < 1.29 is 13.2 Å². The molecule has 0 radical (unpaired) electrons. The van der Waals surface area contributed by atoms with Crippen LogP contribution in [0.15, 0.2) is 58.2 Å². The van der Waals surface area contributed by atoms with Crippen LogP contribution in [0.2, 0.25) is 0 Å². The highest BCUT2D eigenvalue weighted by atomic mass is 32.2. The van der Waals surface area contributed by atoms with E-state index in [1.165, 1.54) is 4.31 Å². The van der Waals surface area contributed by atoms with Gasteiger partial charge in [-0.25, -0.2) is 8.42 Å². The van der Waals surface area contributed by atoms with Gasteiger partial charge in [-0.3, -0.25) is 14.2 Å². The molecule has 0 saturated carbocycles. The molecule has 2 aromatic carbocycles. The molecule has 1 fully saturated rings. The predicted molar refractivity (Wildman–Crippen MR) is 131 cm³/mol. The Kier molecular flexibility index (Phi) is 6.74. The van der Waals surface area contributed by atoms with Crippen LogP contribution in [-0.2, 0) is 21.4 Å². The van der Waals surface area contributed by atoms with Crippen molar-refractivity contribution in [1.82, 2.24) is 13.8 Å². The molecule has 7 nitrogen and oxygen atoms in total. The van der Waals surface area contributed by atoms with Crippen LogP contribution in [0, 0.1) is 5.92 Å². The SMILES string of the molecule is CC(C)n1c(=O)sc2cc(S(=O)(=O)N3CCC(C(=O)N(C)Cc4ccccc4)CC3)ccc21. The van der Waals surface area contributed by atoms with Crippen molar-refractivity contribution >= 4 is 37.5 Å². The summed E-state index contributed by atoms with van der Waals surface area (Å²) in [6, 6.07) is 14.7. The highest BCUT2D eigenvalue weighted by molar-refractivity contribution is 7.89. The second kappa shape index (κ2) is 9.40. The van der Waals surface area contributed by atoms with Crippen molar-refractivity contribution in [1.29, 1.82) is 0 Å². The molecule has 4 rings (SSSR count). The fraction of sp³-hybridized carbons (Fsp3) is 0.417. The first-order valence-electron chi connectivity index (χ1n) is 11.1. The van der Waals surface area contributed by atoms with Gasteiger partial charge in [-0.15, -0.1) is 0 Å². The molecule has 1 saturated heterocycles. The molecule has 0 atom stereocenters. The second-order valence-electron chi connectivity index (χ2n) is 8.82. The first kappa shape index (κ1) is 23.7. The molecule has 0 bridgehead atoms. The Morgan fingerprint density at radius 2 is 1.79 bits per heavy atom. The van der Waals surface area contributed by atoms with Crippen LogP contribution >= 0.6 is 11.3 Å². The van der Waals surface area contributed by atoms with E-state index in [1.54, 1.807) is 34.7 Å². The summed E-state index contributed by atoms with van der Waals surface area (Å²) in [6.45, 7) is 5.01. The third-order valence-electron chi connectivity index (χ3n) is 6.18. The summed E-state index contributed by atoms with van der Waals surface area (Å²) < 4.78 is 30.3. The number of hydrogen-bond acceptors (Lipinski definition) is 5. The van der Waals surface area contributed by atoms with E-state index in [4.69, 9.17) is 0 Å². The average molecular weight is 488 g/mol. The molecule has 9 heteroatoms. The average Bonchev–Trinajstić information content (AvgIpc) is 3.14. The molecule has 1 amide bonds. The van der Waals surface area contributed by atoms with Crippen LogP contribution in [0.1, 0.15) is 38.3 Å². The number of rotatable bonds is 6. The van der Waals surface area contributed by atoms with Gasteiger partial charge in [0.15, 0.2) is 0 Å². The molecular weight excluding hydrogens is 458 g/mol. The van der Waals surface area contributed by atoms with Crippen molar-refractivity contribution in [2.24, 2.45) is 5.92 Å². The van der Waals surface area contributed by atoms with E-state index >= 15 is 0 Å². The molecular formula is C24H29N3O4S2. The lowest BCUT2D eigenvalue weighted by Crippen LogP contribution is -2.43. The zero-order chi connectivity index (χ0) is 23.8. The van der Waals surface area contributed by atoms with Crippen molar-refractivity contribution in [2.75, 3.05) is 20.1 Å². The second-order valence-corrected chi connectivity index (χ2v) is 11.8. The van der Waals surface area contributed by atoms with Crippen LogP contribution in [0.25, 0.3) is 10.2 Å². The molecule has 0 spiro atoms. The maximum Gasteiger partial charge on any atom is 0.308 e. The maximum atomic E-state index is 13.3.